The van der Waals surface area contributed by atoms with E-state index in [-0.39, 0.29) is 11.4 Å². The number of nitrogens with zero attached hydrogens (tertiary/aromatic N) is 3. The summed E-state index contributed by atoms with van der Waals surface area (Å²) in [4.78, 5) is 58.5. The van der Waals surface area contributed by atoms with Crippen LogP contribution >= 0.6 is 23.1 Å². The highest BCUT2D eigenvalue weighted by atomic mass is 32.2. The minimum atomic E-state index is -4.68. The molecule has 4 aromatic rings. The van der Waals surface area contributed by atoms with Crippen LogP contribution in [0.15, 0.2) is 82.9 Å². The van der Waals surface area contributed by atoms with E-state index < -0.39 is 58.0 Å². The quantitative estimate of drug-likeness (QED) is 0.252. The molecule has 0 saturated carbocycles. The second-order valence-corrected chi connectivity index (χ2v) is 11.7. The Bertz CT molecular complexity index is 1770. The molecule has 0 bridgehead atoms. The van der Waals surface area contributed by atoms with Crippen LogP contribution in [0.25, 0.3) is 0 Å². The number of rotatable bonds is 5. The van der Waals surface area contributed by atoms with Gasteiger partial charge in [0, 0.05) is 28.9 Å². The second kappa shape index (κ2) is 10.4. The summed E-state index contributed by atoms with van der Waals surface area (Å²) in [5.41, 5.74) is -0.263. The molecule has 2 aromatic heterocycles. The van der Waals surface area contributed by atoms with E-state index >= 15 is 0 Å². The smallest absolute Gasteiger partial charge is 0.416 e. The predicted octanol–water partition coefficient (Wildman–Crippen LogP) is 4.46. The molecule has 3 unspecified atom stereocenters. The predicted molar refractivity (Wildman–Crippen MR) is 148 cm³/mol. The molecule has 2 aromatic carbocycles. The van der Waals surface area contributed by atoms with Crippen LogP contribution in [-0.2, 0) is 27.1 Å². The number of aromatic nitrogens is 2. The molecule has 9 nitrogen and oxygen atoms in total. The van der Waals surface area contributed by atoms with Gasteiger partial charge in [0.05, 0.1) is 22.2 Å². The fraction of sp³-hybridized carbons (Fsp3) is 0.179. The Kier molecular flexibility index (Phi) is 6.89. The number of halogens is 3. The number of benzene rings is 2. The zero-order valence-electron chi connectivity index (χ0n) is 21.2. The molecule has 2 aliphatic heterocycles. The molecule has 2 aliphatic rings. The summed E-state index contributed by atoms with van der Waals surface area (Å²) >= 11 is 1.79. The van der Waals surface area contributed by atoms with Crippen molar-refractivity contribution in [1.29, 1.82) is 0 Å². The first-order valence-electron chi connectivity index (χ1n) is 12.5. The van der Waals surface area contributed by atoms with Gasteiger partial charge in [-0.15, -0.1) is 0 Å². The minimum Gasteiger partial charge on any atom is -0.508 e. The third kappa shape index (κ3) is 4.86. The van der Waals surface area contributed by atoms with Gasteiger partial charge in [0.25, 0.3) is 0 Å². The number of carbonyl (C=O) groups excluding carboxylic acids is 3. The summed E-state index contributed by atoms with van der Waals surface area (Å²) < 4.78 is 41.5. The molecule has 42 heavy (non-hydrogen) atoms. The first-order chi connectivity index (χ1) is 20.0. The number of nitrogens with one attached hydrogen (secondary N) is 1. The van der Waals surface area contributed by atoms with Crippen LogP contribution < -0.4 is 15.1 Å². The van der Waals surface area contributed by atoms with Gasteiger partial charge in [0.15, 0.2) is 0 Å². The number of anilines is 2. The van der Waals surface area contributed by atoms with Gasteiger partial charge in [-0.1, -0.05) is 35.2 Å². The van der Waals surface area contributed by atoms with Gasteiger partial charge in [-0.2, -0.15) is 13.2 Å². The fourth-order valence-corrected chi connectivity index (χ4v) is 7.91. The van der Waals surface area contributed by atoms with Crippen molar-refractivity contribution < 1.29 is 32.7 Å². The van der Waals surface area contributed by atoms with E-state index in [1.54, 1.807) is 12.1 Å². The normalized spacial score (nSPS) is 19.9. The summed E-state index contributed by atoms with van der Waals surface area (Å²) in [7, 11) is 0. The SMILES string of the molecule is O=C(Cn1c2c(sc1=O)C(c1cccnc1)C1C(=O)N(c3cccc(C(F)(F)F)c3)C(=O)C1S2)Nc1ccc(O)cc1. The van der Waals surface area contributed by atoms with Crippen LogP contribution in [0.5, 0.6) is 5.75 Å². The molecule has 3 atom stereocenters. The Morgan fingerprint density at radius 1 is 1.02 bits per heavy atom. The number of thiazole rings is 1. The maximum atomic E-state index is 13.8. The number of imide groups is 1. The maximum absolute atomic E-state index is 13.8. The molecule has 1 fully saturated rings. The van der Waals surface area contributed by atoms with Crippen molar-refractivity contribution in [2.24, 2.45) is 5.92 Å². The lowest BCUT2D eigenvalue weighted by Gasteiger charge is -2.30. The number of aromatic hydroxyl groups is 1. The molecule has 3 amide bonds. The Morgan fingerprint density at radius 3 is 2.48 bits per heavy atom. The third-order valence-electron chi connectivity index (χ3n) is 6.98. The monoisotopic (exact) mass is 612 g/mol. The number of thioether (sulfide) groups is 1. The molecule has 0 spiro atoms. The lowest BCUT2D eigenvalue weighted by Crippen LogP contribution is -2.33. The lowest BCUT2D eigenvalue weighted by atomic mass is 9.84. The number of hydrogen-bond acceptors (Lipinski definition) is 8. The topological polar surface area (TPSA) is 122 Å². The number of carbonyl (C=O) groups is 3. The standard InChI is InChI=1S/C28H19F3N4O5S2/c29-28(30,31)15-4-1-5-17(11-15)35-24(38)21-20(14-3-2-10-32-12-14)23-26(41-22(21)25(35)39)34(27(40)42-23)13-19(37)33-16-6-8-18(36)9-7-16/h1-12,20-22,36H,13H2,(H,33,37). The van der Waals surface area contributed by atoms with Gasteiger partial charge in [-0.3, -0.25) is 28.7 Å². The molecule has 6 rings (SSSR count). The third-order valence-corrected chi connectivity index (χ3v) is 9.58. The summed E-state index contributed by atoms with van der Waals surface area (Å²) in [5, 5.41) is 11.4. The van der Waals surface area contributed by atoms with E-state index in [1.165, 1.54) is 47.3 Å². The molecule has 0 radical (unpaired) electrons. The highest BCUT2D eigenvalue weighted by molar-refractivity contribution is 8.00. The van der Waals surface area contributed by atoms with Crippen molar-refractivity contribution in [2.75, 3.05) is 10.2 Å². The van der Waals surface area contributed by atoms with Crippen molar-refractivity contribution in [3.05, 3.63) is 98.7 Å². The van der Waals surface area contributed by atoms with Crippen LogP contribution in [0.4, 0.5) is 24.5 Å². The van der Waals surface area contributed by atoms with E-state index in [0.29, 0.717) is 21.2 Å². The Balaban J connectivity index is 1.39. The van der Waals surface area contributed by atoms with E-state index in [9.17, 15) is 37.5 Å². The summed E-state index contributed by atoms with van der Waals surface area (Å²) in [6, 6.07) is 13.1. The average Bonchev–Trinajstić information content (AvgIpc) is 3.40. The highest BCUT2D eigenvalue weighted by Gasteiger charge is 2.57. The van der Waals surface area contributed by atoms with Gasteiger partial charge >= 0.3 is 11.0 Å². The van der Waals surface area contributed by atoms with Crippen LogP contribution in [0.1, 0.15) is 21.9 Å². The minimum absolute atomic E-state index is 0.0125. The molecular formula is C28H19F3N4O5S2. The van der Waals surface area contributed by atoms with Crippen molar-refractivity contribution in [3.63, 3.8) is 0 Å². The van der Waals surface area contributed by atoms with Crippen molar-refractivity contribution in [2.45, 2.75) is 28.9 Å². The van der Waals surface area contributed by atoms with Gasteiger partial charge in [-0.05, 0) is 54.1 Å². The summed E-state index contributed by atoms with van der Waals surface area (Å²) in [5.74, 6) is -3.75. The van der Waals surface area contributed by atoms with Crippen molar-refractivity contribution >= 4 is 52.2 Å². The number of phenols is 1. The first kappa shape index (κ1) is 27.7. The van der Waals surface area contributed by atoms with Crippen molar-refractivity contribution in [1.82, 2.24) is 9.55 Å². The van der Waals surface area contributed by atoms with Crippen LogP contribution in [0.3, 0.4) is 0 Å². The molecule has 14 heteroatoms. The number of amides is 3. The molecule has 0 aliphatic carbocycles. The zero-order valence-corrected chi connectivity index (χ0v) is 22.9. The number of pyridine rings is 1. The van der Waals surface area contributed by atoms with E-state index in [0.717, 1.165) is 46.2 Å². The molecular weight excluding hydrogens is 593 g/mol. The fourth-order valence-electron chi connectivity index (χ4n) is 5.14. The first-order valence-corrected chi connectivity index (χ1v) is 14.2. The van der Waals surface area contributed by atoms with E-state index in [1.807, 2.05) is 0 Å². The molecule has 1 saturated heterocycles. The Labute approximate surface area is 243 Å². The van der Waals surface area contributed by atoms with E-state index in [2.05, 4.69) is 10.3 Å². The highest BCUT2D eigenvalue weighted by Crippen LogP contribution is 2.54. The number of alkyl halides is 3. The van der Waals surface area contributed by atoms with Gasteiger partial charge in [0.1, 0.15) is 17.5 Å². The van der Waals surface area contributed by atoms with E-state index in [4.69, 9.17) is 0 Å². The Hall–Kier alpha value is -4.43. The van der Waals surface area contributed by atoms with Crippen LogP contribution in [0.2, 0.25) is 0 Å². The second-order valence-electron chi connectivity index (χ2n) is 9.61. The molecule has 2 N–H and O–H groups in total. The number of phenolic OH excluding ortho intramolecular Hbond substituents is 1. The summed E-state index contributed by atoms with van der Waals surface area (Å²) in [6.45, 7) is -0.394. The Morgan fingerprint density at radius 2 is 1.79 bits per heavy atom. The van der Waals surface area contributed by atoms with Gasteiger partial charge in [-0.25, -0.2) is 4.90 Å². The van der Waals surface area contributed by atoms with Crippen molar-refractivity contribution in [3.8, 4) is 5.75 Å². The van der Waals surface area contributed by atoms with Gasteiger partial charge < -0.3 is 10.4 Å². The maximum Gasteiger partial charge on any atom is 0.416 e. The number of fused-ring (bicyclic) bond motifs is 2. The van der Waals surface area contributed by atoms with Crippen LogP contribution in [0, 0.1) is 5.92 Å². The number of hydrogen-bond donors (Lipinski definition) is 2. The molecule has 4 heterocycles. The largest absolute Gasteiger partial charge is 0.508 e. The zero-order chi connectivity index (χ0) is 29.8. The van der Waals surface area contributed by atoms with Gasteiger partial charge in [0.2, 0.25) is 17.7 Å². The lowest BCUT2D eigenvalue weighted by molar-refractivity contribution is -0.137. The van der Waals surface area contributed by atoms with Crippen LogP contribution in [-0.4, -0.2) is 37.6 Å². The average molecular weight is 613 g/mol. The molecule has 214 valence electrons. The summed E-state index contributed by atoms with van der Waals surface area (Å²) in [6.07, 6.45) is -1.64.